The summed E-state index contributed by atoms with van der Waals surface area (Å²) in [4.78, 5) is 13.7. The van der Waals surface area contributed by atoms with E-state index in [-0.39, 0.29) is 0 Å². The lowest BCUT2D eigenvalue weighted by molar-refractivity contribution is -0.119. The van der Waals surface area contributed by atoms with Gasteiger partial charge in [0.15, 0.2) is 0 Å². The van der Waals surface area contributed by atoms with E-state index < -0.39 is 0 Å². The first kappa shape index (κ1) is 9.40. The average Bonchev–Trinajstić information content (AvgIpc) is 2.23. The zero-order valence-electron chi connectivity index (χ0n) is 8.42. The number of rotatable bonds is 0. The topological polar surface area (TPSA) is 20.3 Å². The van der Waals surface area contributed by atoms with Gasteiger partial charge in [0.25, 0.3) is 0 Å². The quantitative estimate of drug-likeness (QED) is 0.707. The van der Waals surface area contributed by atoms with Gasteiger partial charge < -0.3 is 4.90 Å². The number of benzene rings is 1. The van der Waals surface area contributed by atoms with Crippen LogP contribution in [0.25, 0.3) is 0 Å². The van der Waals surface area contributed by atoms with Gasteiger partial charge in [0.2, 0.25) is 5.91 Å². The van der Waals surface area contributed by atoms with Crippen molar-refractivity contribution in [1.29, 1.82) is 0 Å². The van der Waals surface area contributed by atoms with Gasteiger partial charge in [-0.05, 0) is 42.5 Å². The van der Waals surface area contributed by atoms with Crippen LogP contribution in [0.5, 0.6) is 0 Å². The predicted octanol–water partition coefficient (Wildman–Crippen LogP) is 2.67. The second kappa shape index (κ2) is 3.34. The van der Waals surface area contributed by atoms with Crippen LogP contribution in [0.15, 0.2) is 16.6 Å². The minimum atomic E-state index is 0.297. The molecule has 0 spiro atoms. The lowest BCUT2D eigenvalue weighted by Crippen LogP contribution is -2.39. The number of halogens is 1. The van der Waals surface area contributed by atoms with Gasteiger partial charge in [-0.2, -0.15) is 0 Å². The van der Waals surface area contributed by atoms with Gasteiger partial charge in [0, 0.05) is 17.4 Å². The van der Waals surface area contributed by atoms with E-state index in [2.05, 4.69) is 28.1 Å². The Balaban J connectivity index is 2.22. The Labute approximate surface area is 97.4 Å². The zero-order chi connectivity index (χ0) is 10.4. The molecule has 2 nitrogen and oxygen atoms in total. The van der Waals surface area contributed by atoms with Gasteiger partial charge in [-0.25, -0.2) is 0 Å². The summed E-state index contributed by atoms with van der Waals surface area (Å²) in [5, 5.41) is 0. The zero-order valence-corrected chi connectivity index (χ0v) is 10.0. The first-order chi connectivity index (χ1) is 7.25. The minimum absolute atomic E-state index is 0.297. The molecule has 0 radical (unpaired) electrons. The Hall–Kier alpha value is -0.830. The highest BCUT2D eigenvalue weighted by atomic mass is 79.9. The molecule has 0 atom stereocenters. The van der Waals surface area contributed by atoms with Crippen LogP contribution in [0.3, 0.4) is 0 Å². The Morgan fingerprint density at radius 3 is 2.67 bits per heavy atom. The molecular weight excluding hydrogens is 254 g/mol. The van der Waals surface area contributed by atoms with Crippen molar-refractivity contribution in [1.82, 2.24) is 0 Å². The van der Waals surface area contributed by atoms with E-state index in [9.17, 15) is 4.79 Å². The number of nitrogens with zero attached hydrogens (tertiary/aromatic N) is 1. The highest BCUT2D eigenvalue weighted by Crippen LogP contribution is 2.37. The molecule has 0 aliphatic carbocycles. The molecule has 0 fully saturated rings. The molecule has 0 saturated carbocycles. The van der Waals surface area contributed by atoms with Crippen molar-refractivity contribution in [3.63, 3.8) is 0 Å². The third kappa shape index (κ3) is 1.41. The third-order valence-electron chi connectivity index (χ3n) is 3.24. The van der Waals surface area contributed by atoms with E-state index in [1.54, 1.807) is 0 Å². The van der Waals surface area contributed by atoms with Crippen LogP contribution in [-0.4, -0.2) is 12.5 Å². The molecule has 3 rings (SSSR count). The highest BCUT2D eigenvalue weighted by Gasteiger charge is 2.29. The molecule has 0 bridgehead atoms. The largest absolute Gasteiger partial charge is 0.312 e. The van der Waals surface area contributed by atoms with E-state index in [0.29, 0.717) is 12.3 Å². The smallest absolute Gasteiger partial charge is 0.227 e. The second-order valence-electron chi connectivity index (χ2n) is 4.22. The maximum Gasteiger partial charge on any atom is 0.227 e. The van der Waals surface area contributed by atoms with Crippen LogP contribution in [0.1, 0.15) is 24.0 Å². The summed E-state index contributed by atoms with van der Waals surface area (Å²) >= 11 is 3.54. The fourth-order valence-electron chi connectivity index (χ4n) is 2.61. The van der Waals surface area contributed by atoms with E-state index in [1.165, 1.54) is 16.8 Å². The molecule has 1 aromatic rings. The van der Waals surface area contributed by atoms with Crippen molar-refractivity contribution in [2.75, 3.05) is 11.4 Å². The van der Waals surface area contributed by atoms with Gasteiger partial charge in [-0.3, -0.25) is 4.79 Å². The molecule has 0 saturated heterocycles. The average molecular weight is 266 g/mol. The minimum Gasteiger partial charge on any atom is -0.312 e. The molecule has 0 aromatic heterocycles. The van der Waals surface area contributed by atoms with E-state index in [0.717, 1.165) is 30.3 Å². The number of carbonyl (C=O) groups is 1. The fraction of sp³-hybridized carbons (Fsp3) is 0.417. The lowest BCUT2D eigenvalue weighted by Gasteiger charge is -2.35. The molecular formula is C12H12BrNO. The summed E-state index contributed by atoms with van der Waals surface area (Å²) in [5.41, 5.74) is 3.87. The standard InChI is InChI=1S/C12H12BrNO/c13-10-6-8-2-1-5-14-11(15)4-3-9(7-10)12(8)14/h6-7H,1-5H2. The number of amides is 1. The Kier molecular flexibility index (Phi) is 2.09. The number of hydrogen-bond donors (Lipinski definition) is 0. The van der Waals surface area contributed by atoms with Crippen LogP contribution < -0.4 is 4.90 Å². The van der Waals surface area contributed by atoms with Crippen LogP contribution >= 0.6 is 15.9 Å². The lowest BCUT2D eigenvalue weighted by atomic mass is 9.92. The Morgan fingerprint density at radius 1 is 1.13 bits per heavy atom. The first-order valence-electron chi connectivity index (χ1n) is 5.37. The summed E-state index contributed by atoms with van der Waals surface area (Å²) in [6, 6.07) is 4.31. The SMILES string of the molecule is O=C1CCc2cc(Br)cc3c2N1CCC3. The molecule has 0 N–H and O–H groups in total. The molecule has 3 heteroatoms. The molecule has 1 aromatic carbocycles. The normalized spacial score (nSPS) is 19.0. The van der Waals surface area contributed by atoms with Crippen molar-refractivity contribution in [3.05, 3.63) is 27.7 Å². The van der Waals surface area contributed by atoms with Crippen molar-refractivity contribution in [2.45, 2.75) is 25.7 Å². The predicted molar refractivity (Wildman–Crippen MR) is 63.1 cm³/mol. The maximum atomic E-state index is 11.8. The summed E-state index contributed by atoms with van der Waals surface area (Å²) in [7, 11) is 0. The van der Waals surface area contributed by atoms with Crippen LogP contribution in [-0.2, 0) is 17.6 Å². The first-order valence-corrected chi connectivity index (χ1v) is 6.16. The molecule has 0 unspecified atom stereocenters. The van der Waals surface area contributed by atoms with E-state index in [4.69, 9.17) is 0 Å². The van der Waals surface area contributed by atoms with Gasteiger partial charge in [-0.1, -0.05) is 15.9 Å². The van der Waals surface area contributed by atoms with Gasteiger partial charge in [-0.15, -0.1) is 0 Å². The third-order valence-corrected chi connectivity index (χ3v) is 3.70. The van der Waals surface area contributed by atoms with Crippen LogP contribution in [0.2, 0.25) is 0 Å². The molecule has 1 amide bonds. The number of carbonyl (C=O) groups excluding carboxylic acids is 1. The molecule has 2 aliphatic heterocycles. The maximum absolute atomic E-state index is 11.8. The van der Waals surface area contributed by atoms with Crippen molar-refractivity contribution in [3.8, 4) is 0 Å². The number of aryl methyl sites for hydroxylation is 2. The summed E-state index contributed by atoms with van der Waals surface area (Å²) in [6.07, 6.45) is 3.76. The summed E-state index contributed by atoms with van der Waals surface area (Å²) in [5.74, 6) is 0.297. The Morgan fingerprint density at radius 2 is 1.87 bits per heavy atom. The summed E-state index contributed by atoms with van der Waals surface area (Å²) < 4.78 is 1.15. The number of hydrogen-bond acceptors (Lipinski definition) is 1. The monoisotopic (exact) mass is 265 g/mol. The second-order valence-corrected chi connectivity index (χ2v) is 5.14. The fourth-order valence-corrected chi connectivity index (χ4v) is 3.16. The molecule has 15 heavy (non-hydrogen) atoms. The van der Waals surface area contributed by atoms with Crippen molar-refractivity contribution in [2.24, 2.45) is 0 Å². The van der Waals surface area contributed by atoms with Crippen molar-refractivity contribution >= 4 is 27.5 Å². The van der Waals surface area contributed by atoms with Crippen LogP contribution in [0.4, 0.5) is 5.69 Å². The van der Waals surface area contributed by atoms with Gasteiger partial charge in [0.05, 0.1) is 5.69 Å². The van der Waals surface area contributed by atoms with Gasteiger partial charge in [0.1, 0.15) is 0 Å². The van der Waals surface area contributed by atoms with E-state index in [1.807, 2.05) is 4.90 Å². The summed E-state index contributed by atoms with van der Waals surface area (Å²) in [6.45, 7) is 0.903. The number of anilines is 1. The highest BCUT2D eigenvalue weighted by molar-refractivity contribution is 9.10. The van der Waals surface area contributed by atoms with Crippen molar-refractivity contribution < 1.29 is 4.79 Å². The van der Waals surface area contributed by atoms with Crippen LogP contribution in [0, 0.1) is 0 Å². The van der Waals surface area contributed by atoms with Gasteiger partial charge >= 0.3 is 0 Å². The molecule has 2 heterocycles. The van der Waals surface area contributed by atoms with E-state index >= 15 is 0 Å². The molecule has 78 valence electrons. The molecule has 2 aliphatic rings. The Bertz CT molecular complexity index is 424.